The molecule has 1 N–H and O–H groups in total. The molecule has 1 aliphatic rings. The summed E-state index contributed by atoms with van der Waals surface area (Å²) >= 11 is 0. The van der Waals surface area contributed by atoms with Crippen LogP contribution in [0.3, 0.4) is 0 Å². The Kier molecular flexibility index (Phi) is 3.11. The summed E-state index contributed by atoms with van der Waals surface area (Å²) in [7, 11) is 3.69. The van der Waals surface area contributed by atoms with Crippen molar-refractivity contribution in [3.8, 4) is 5.75 Å². The van der Waals surface area contributed by atoms with Crippen LogP contribution in [-0.2, 0) is 13.6 Å². The van der Waals surface area contributed by atoms with E-state index in [1.54, 1.807) is 7.11 Å². The van der Waals surface area contributed by atoms with Gasteiger partial charge in [0.1, 0.15) is 11.6 Å². The molecule has 5 nitrogen and oxygen atoms in total. The topological polar surface area (TPSA) is 52.0 Å². The van der Waals surface area contributed by atoms with Gasteiger partial charge in [0.25, 0.3) is 0 Å². The largest absolute Gasteiger partial charge is 0.497 e. The second-order valence-electron chi connectivity index (χ2n) is 4.92. The molecule has 0 radical (unpaired) electrons. The van der Waals surface area contributed by atoms with E-state index >= 15 is 0 Å². The van der Waals surface area contributed by atoms with Crippen LogP contribution < -0.4 is 10.1 Å². The van der Waals surface area contributed by atoms with Crippen molar-refractivity contribution in [2.45, 2.75) is 25.3 Å². The molecule has 0 amide bonds. The Morgan fingerprint density at radius 2 is 2.00 bits per heavy atom. The zero-order valence-electron chi connectivity index (χ0n) is 11.3. The van der Waals surface area contributed by atoms with Crippen molar-refractivity contribution >= 4 is 5.95 Å². The number of aromatic nitrogens is 3. The molecule has 0 unspecified atom stereocenters. The number of benzene rings is 1. The zero-order chi connectivity index (χ0) is 13.2. The van der Waals surface area contributed by atoms with E-state index in [1.165, 1.54) is 18.4 Å². The minimum absolute atomic E-state index is 0.619. The van der Waals surface area contributed by atoms with Gasteiger partial charge in [-0.15, -0.1) is 10.2 Å². The lowest BCUT2D eigenvalue weighted by Crippen LogP contribution is -2.06. The first kappa shape index (κ1) is 12.0. The molecule has 2 aromatic rings. The van der Waals surface area contributed by atoms with Gasteiger partial charge < -0.3 is 14.6 Å². The van der Waals surface area contributed by atoms with E-state index < -0.39 is 0 Å². The molecule has 1 aromatic carbocycles. The molecule has 3 rings (SSSR count). The quantitative estimate of drug-likeness (QED) is 0.894. The van der Waals surface area contributed by atoms with Gasteiger partial charge in [-0.2, -0.15) is 0 Å². The standard InChI is InChI=1S/C14H18N4O/c1-18-13(11-5-6-11)16-17-14(18)15-9-10-3-7-12(19-2)8-4-10/h3-4,7-8,11H,5-6,9H2,1-2H3,(H,15,17). The second kappa shape index (κ2) is 4.91. The van der Waals surface area contributed by atoms with Crippen molar-refractivity contribution < 1.29 is 4.74 Å². The Bertz CT molecular complexity index is 557. The number of rotatable bonds is 5. The third-order valence-corrected chi connectivity index (χ3v) is 3.46. The van der Waals surface area contributed by atoms with Crippen LogP contribution in [0.2, 0.25) is 0 Å². The maximum atomic E-state index is 5.14. The van der Waals surface area contributed by atoms with Gasteiger partial charge in [0, 0.05) is 19.5 Å². The fourth-order valence-electron chi connectivity index (χ4n) is 2.12. The Morgan fingerprint density at radius 1 is 1.26 bits per heavy atom. The number of methoxy groups -OCH3 is 1. The number of hydrogen-bond acceptors (Lipinski definition) is 4. The lowest BCUT2D eigenvalue weighted by molar-refractivity contribution is 0.414. The van der Waals surface area contributed by atoms with Gasteiger partial charge in [-0.05, 0) is 30.5 Å². The number of anilines is 1. The molecule has 0 atom stereocenters. The molecule has 1 heterocycles. The highest BCUT2D eigenvalue weighted by Crippen LogP contribution is 2.39. The lowest BCUT2D eigenvalue weighted by atomic mass is 10.2. The van der Waals surface area contributed by atoms with Crippen LogP contribution in [0.5, 0.6) is 5.75 Å². The number of nitrogens with zero attached hydrogens (tertiary/aromatic N) is 3. The van der Waals surface area contributed by atoms with Crippen LogP contribution >= 0.6 is 0 Å². The summed E-state index contributed by atoms with van der Waals surface area (Å²) in [6.07, 6.45) is 2.48. The van der Waals surface area contributed by atoms with Gasteiger partial charge >= 0.3 is 0 Å². The van der Waals surface area contributed by atoms with Gasteiger partial charge in [-0.3, -0.25) is 0 Å². The Balaban J connectivity index is 1.64. The molecule has 0 spiro atoms. The Labute approximate surface area is 112 Å². The Hall–Kier alpha value is -2.04. The van der Waals surface area contributed by atoms with Crippen molar-refractivity contribution in [2.75, 3.05) is 12.4 Å². The normalized spacial score (nSPS) is 14.4. The molecule has 1 fully saturated rings. The molecule has 1 aromatic heterocycles. The molecule has 1 aliphatic carbocycles. The first-order chi connectivity index (χ1) is 9.28. The zero-order valence-corrected chi connectivity index (χ0v) is 11.3. The lowest BCUT2D eigenvalue weighted by Gasteiger charge is -2.07. The van der Waals surface area contributed by atoms with Crippen LogP contribution in [0.1, 0.15) is 30.1 Å². The molecule has 5 heteroatoms. The monoisotopic (exact) mass is 258 g/mol. The van der Waals surface area contributed by atoms with Gasteiger partial charge in [-0.1, -0.05) is 12.1 Å². The molecular formula is C14H18N4O. The van der Waals surface area contributed by atoms with E-state index in [-0.39, 0.29) is 0 Å². The summed E-state index contributed by atoms with van der Waals surface area (Å²) in [4.78, 5) is 0. The number of nitrogens with one attached hydrogen (secondary N) is 1. The fourth-order valence-corrected chi connectivity index (χ4v) is 2.12. The minimum Gasteiger partial charge on any atom is -0.497 e. The molecule has 1 saturated carbocycles. The first-order valence-electron chi connectivity index (χ1n) is 6.54. The third-order valence-electron chi connectivity index (χ3n) is 3.46. The van der Waals surface area contributed by atoms with Crippen molar-refractivity contribution in [3.63, 3.8) is 0 Å². The highest BCUT2D eigenvalue weighted by Gasteiger charge is 2.29. The van der Waals surface area contributed by atoms with Crippen molar-refractivity contribution in [3.05, 3.63) is 35.7 Å². The van der Waals surface area contributed by atoms with E-state index in [9.17, 15) is 0 Å². The predicted molar refractivity (Wildman–Crippen MR) is 73.3 cm³/mol. The Morgan fingerprint density at radius 3 is 2.63 bits per heavy atom. The first-order valence-corrected chi connectivity index (χ1v) is 6.54. The van der Waals surface area contributed by atoms with Gasteiger partial charge in [0.15, 0.2) is 0 Å². The van der Waals surface area contributed by atoms with Crippen molar-refractivity contribution in [1.82, 2.24) is 14.8 Å². The molecule has 0 aliphatic heterocycles. The van der Waals surface area contributed by atoms with Crippen LogP contribution in [-0.4, -0.2) is 21.9 Å². The van der Waals surface area contributed by atoms with E-state index in [0.717, 1.165) is 24.1 Å². The maximum Gasteiger partial charge on any atom is 0.224 e. The van der Waals surface area contributed by atoms with Crippen LogP contribution in [0.25, 0.3) is 0 Å². The van der Waals surface area contributed by atoms with Crippen LogP contribution in [0.4, 0.5) is 5.95 Å². The fraction of sp³-hybridized carbons (Fsp3) is 0.429. The number of hydrogen-bond donors (Lipinski definition) is 1. The smallest absolute Gasteiger partial charge is 0.224 e. The van der Waals surface area contributed by atoms with E-state index in [1.807, 2.05) is 31.3 Å². The minimum atomic E-state index is 0.619. The van der Waals surface area contributed by atoms with Gasteiger partial charge in [0.05, 0.1) is 7.11 Å². The highest BCUT2D eigenvalue weighted by atomic mass is 16.5. The summed E-state index contributed by atoms with van der Waals surface area (Å²) in [5.41, 5.74) is 1.19. The summed E-state index contributed by atoms with van der Waals surface area (Å²) < 4.78 is 7.20. The SMILES string of the molecule is COc1ccc(CNc2nnc(C3CC3)n2C)cc1. The molecular weight excluding hydrogens is 240 g/mol. The van der Waals surface area contributed by atoms with Gasteiger partial charge in [0.2, 0.25) is 5.95 Å². The van der Waals surface area contributed by atoms with E-state index in [4.69, 9.17) is 4.74 Å². The summed E-state index contributed by atoms with van der Waals surface area (Å²) in [5.74, 6) is 3.42. The van der Waals surface area contributed by atoms with Crippen molar-refractivity contribution in [2.24, 2.45) is 7.05 Å². The molecule has 19 heavy (non-hydrogen) atoms. The highest BCUT2D eigenvalue weighted by molar-refractivity contribution is 5.32. The maximum absolute atomic E-state index is 5.14. The summed E-state index contributed by atoms with van der Waals surface area (Å²) in [6, 6.07) is 8.01. The van der Waals surface area contributed by atoms with E-state index in [0.29, 0.717) is 5.92 Å². The van der Waals surface area contributed by atoms with E-state index in [2.05, 4.69) is 20.1 Å². The third kappa shape index (κ3) is 2.54. The van der Waals surface area contributed by atoms with Crippen LogP contribution in [0, 0.1) is 0 Å². The number of ether oxygens (including phenoxy) is 1. The second-order valence-corrected chi connectivity index (χ2v) is 4.92. The average molecular weight is 258 g/mol. The van der Waals surface area contributed by atoms with Crippen molar-refractivity contribution in [1.29, 1.82) is 0 Å². The summed E-state index contributed by atoms with van der Waals surface area (Å²) in [6.45, 7) is 0.737. The molecule has 0 saturated heterocycles. The average Bonchev–Trinajstić information content (AvgIpc) is 3.22. The predicted octanol–water partition coefficient (Wildman–Crippen LogP) is 2.31. The summed E-state index contributed by atoms with van der Waals surface area (Å²) in [5, 5.41) is 11.8. The molecule has 100 valence electrons. The molecule has 0 bridgehead atoms. The van der Waals surface area contributed by atoms with Crippen LogP contribution in [0.15, 0.2) is 24.3 Å². The van der Waals surface area contributed by atoms with Gasteiger partial charge in [-0.25, -0.2) is 0 Å².